The SMILES string of the molecule is CCSc1ccc(C)cc1[N+](=O)[O-]. The summed E-state index contributed by atoms with van der Waals surface area (Å²) in [5.74, 6) is 0.851. The van der Waals surface area contributed by atoms with Crippen LogP contribution in [0.5, 0.6) is 0 Å². The van der Waals surface area contributed by atoms with Crippen molar-refractivity contribution < 1.29 is 4.92 Å². The topological polar surface area (TPSA) is 43.1 Å². The average Bonchev–Trinajstić information content (AvgIpc) is 2.08. The van der Waals surface area contributed by atoms with Crippen LogP contribution in [0.4, 0.5) is 5.69 Å². The van der Waals surface area contributed by atoms with Crippen molar-refractivity contribution in [3.05, 3.63) is 33.9 Å². The van der Waals surface area contributed by atoms with Gasteiger partial charge in [0, 0.05) is 6.07 Å². The molecule has 0 saturated carbocycles. The van der Waals surface area contributed by atoms with Crippen molar-refractivity contribution in [3.8, 4) is 0 Å². The second-order valence-corrected chi connectivity index (χ2v) is 3.97. The smallest absolute Gasteiger partial charge is 0.258 e. The molecule has 0 spiro atoms. The second-order valence-electron chi connectivity index (χ2n) is 2.66. The largest absolute Gasteiger partial charge is 0.283 e. The van der Waals surface area contributed by atoms with Crippen molar-refractivity contribution in [2.75, 3.05) is 5.75 Å². The zero-order valence-electron chi connectivity index (χ0n) is 7.61. The van der Waals surface area contributed by atoms with Gasteiger partial charge in [0.25, 0.3) is 5.69 Å². The molecule has 0 amide bonds. The molecule has 0 N–H and O–H groups in total. The predicted molar refractivity (Wildman–Crippen MR) is 54.2 cm³/mol. The minimum absolute atomic E-state index is 0.215. The standard InChI is InChI=1S/C9H11NO2S/c1-3-13-9-5-4-7(2)6-8(9)10(11)12/h4-6H,3H2,1-2H3. The molecule has 3 nitrogen and oxygen atoms in total. The van der Waals surface area contributed by atoms with Gasteiger partial charge in [0.1, 0.15) is 0 Å². The third-order valence-electron chi connectivity index (χ3n) is 1.61. The van der Waals surface area contributed by atoms with Gasteiger partial charge in [0.2, 0.25) is 0 Å². The highest BCUT2D eigenvalue weighted by Gasteiger charge is 2.12. The predicted octanol–water partition coefficient (Wildman–Crippen LogP) is 3.02. The molecule has 0 aliphatic heterocycles. The van der Waals surface area contributed by atoms with E-state index in [4.69, 9.17) is 0 Å². The molecule has 1 aromatic carbocycles. The summed E-state index contributed by atoms with van der Waals surface area (Å²) in [6.45, 7) is 3.83. The number of rotatable bonds is 3. The van der Waals surface area contributed by atoms with Gasteiger partial charge in [-0.05, 0) is 24.3 Å². The maximum Gasteiger partial charge on any atom is 0.283 e. The van der Waals surface area contributed by atoms with Crippen LogP contribution in [0.15, 0.2) is 23.1 Å². The minimum Gasteiger partial charge on any atom is -0.258 e. The van der Waals surface area contributed by atoms with E-state index in [1.54, 1.807) is 6.07 Å². The molecular formula is C9H11NO2S. The first kappa shape index (κ1) is 10.1. The van der Waals surface area contributed by atoms with E-state index in [9.17, 15) is 10.1 Å². The number of benzene rings is 1. The van der Waals surface area contributed by atoms with E-state index < -0.39 is 0 Å². The summed E-state index contributed by atoms with van der Waals surface area (Å²) in [5.41, 5.74) is 1.14. The fourth-order valence-corrected chi connectivity index (χ4v) is 1.80. The highest BCUT2D eigenvalue weighted by atomic mass is 32.2. The van der Waals surface area contributed by atoms with Gasteiger partial charge in [-0.1, -0.05) is 13.0 Å². The van der Waals surface area contributed by atoms with E-state index in [0.717, 1.165) is 16.2 Å². The Morgan fingerprint density at radius 3 is 2.77 bits per heavy atom. The molecule has 0 bridgehead atoms. The van der Waals surface area contributed by atoms with Crippen molar-refractivity contribution in [2.24, 2.45) is 0 Å². The van der Waals surface area contributed by atoms with Gasteiger partial charge in [-0.25, -0.2) is 0 Å². The summed E-state index contributed by atoms with van der Waals surface area (Å²) < 4.78 is 0. The normalized spacial score (nSPS) is 10.0. The van der Waals surface area contributed by atoms with Gasteiger partial charge >= 0.3 is 0 Å². The number of nitro groups is 1. The third-order valence-corrected chi connectivity index (χ3v) is 2.56. The van der Waals surface area contributed by atoms with Gasteiger partial charge in [0.15, 0.2) is 0 Å². The number of hydrogen-bond donors (Lipinski definition) is 0. The molecule has 0 fully saturated rings. The maximum absolute atomic E-state index is 10.6. The zero-order chi connectivity index (χ0) is 9.84. The number of nitro benzene ring substituents is 1. The number of hydrogen-bond acceptors (Lipinski definition) is 3. The Bertz CT molecular complexity index is 325. The van der Waals surface area contributed by atoms with E-state index >= 15 is 0 Å². The molecule has 0 radical (unpaired) electrons. The van der Waals surface area contributed by atoms with Gasteiger partial charge in [-0.3, -0.25) is 10.1 Å². The lowest BCUT2D eigenvalue weighted by Gasteiger charge is -2.01. The van der Waals surface area contributed by atoms with Crippen LogP contribution in [0, 0.1) is 17.0 Å². The minimum atomic E-state index is -0.328. The Balaban J connectivity index is 3.10. The van der Waals surface area contributed by atoms with Crippen LogP contribution in [-0.2, 0) is 0 Å². The second kappa shape index (κ2) is 4.28. The molecule has 0 aromatic heterocycles. The molecule has 70 valence electrons. The first-order valence-electron chi connectivity index (χ1n) is 4.03. The summed E-state index contributed by atoms with van der Waals surface area (Å²) in [5, 5.41) is 10.6. The molecule has 0 aliphatic rings. The Hall–Kier alpha value is -1.03. The lowest BCUT2D eigenvalue weighted by molar-refractivity contribution is -0.387. The molecule has 0 unspecified atom stereocenters. The van der Waals surface area contributed by atoms with Crippen molar-refractivity contribution in [1.29, 1.82) is 0 Å². The molecule has 13 heavy (non-hydrogen) atoms. The van der Waals surface area contributed by atoms with E-state index in [1.165, 1.54) is 11.8 Å². The molecule has 0 saturated heterocycles. The Morgan fingerprint density at radius 2 is 2.23 bits per heavy atom. The Kier molecular flexibility index (Phi) is 3.31. The molecule has 0 aliphatic carbocycles. The van der Waals surface area contributed by atoms with Gasteiger partial charge in [-0.15, -0.1) is 11.8 Å². The monoisotopic (exact) mass is 197 g/mol. The molecular weight excluding hydrogens is 186 g/mol. The molecule has 4 heteroatoms. The van der Waals surface area contributed by atoms with Crippen LogP contribution in [-0.4, -0.2) is 10.7 Å². The summed E-state index contributed by atoms with van der Waals surface area (Å²) in [6, 6.07) is 5.31. The van der Waals surface area contributed by atoms with Crippen molar-refractivity contribution in [3.63, 3.8) is 0 Å². The van der Waals surface area contributed by atoms with Crippen molar-refractivity contribution in [1.82, 2.24) is 0 Å². The van der Waals surface area contributed by atoms with Crippen molar-refractivity contribution in [2.45, 2.75) is 18.7 Å². The summed E-state index contributed by atoms with van der Waals surface area (Å²) in [6.07, 6.45) is 0. The number of nitrogens with zero attached hydrogens (tertiary/aromatic N) is 1. The first-order valence-corrected chi connectivity index (χ1v) is 5.01. The van der Waals surface area contributed by atoms with Crippen LogP contribution < -0.4 is 0 Å². The van der Waals surface area contributed by atoms with Gasteiger partial charge < -0.3 is 0 Å². The quantitative estimate of drug-likeness (QED) is 0.425. The van der Waals surface area contributed by atoms with Crippen molar-refractivity contribution >= 4 is 17.4 Å². The highest BCUT2D eigenvalue weighted by molar-refractivity contribution is 7.99. The van der Waals surface area contributed by atoms with Gasteiger partial charge in [0.05, 0.1) is 9.82 Å². The van der Waals surface area contributed by atoms with Crippen LogP contribution in [0.1, 0.15) is 12.5 Å². The number of aryl methyl sites for hydroxylation is 1. The van der Waals surface area contributed by atoms with Gasteiger partial charge in [-0.2, -0.15) is 0 Å². The van der Waals surface area contributed by atoms with Crippen LogP contribution in [0.3, 0.4) is 0 Å². The molecule has 0 atom stereocenters. The number of thioether (sulfide) groups is 1. The lowest BCUT2D eigenvalue weighted by atomic mass is 10.2. The first-order chi connectivity index (χ1) is 6.15. The fourth-order valence-electron chi connectivity index (χ4n) is 1.05. The van der Waals surface area contributed by atoms with E-state index in [1.807, 2.05) is 26.0 Å². The summed E-state index contributed by atoms with van der Waals surface area (Å²) >= 11 is 1.50. The Labute approximate surface area is 81.3 Å². The summed E-state index contributed by atoms with van der Waals surface area (Å²) in [7, 11) is 0. The summed E-state index contributed by atoms with van der Waals surface area (Å²) in [4.78, 5) is 11.1. The Morgan fingerprint density at radius 1 is 1.54 bits per heavy atom. The van der Waals surface area contributed by atoms with Crippen LogP contribution in [0.2, 0.25) is 0 Å². The maximum atomic E-state index is 10.6. The average molecular weight is 197 g/mol. The van der Waals surface area contributed by atoms with Crippen LogP contribution >= 0.6 is 11.8 Å². The zero-order valence-corrected chi connectivity index (χ0v) is 8.43. The highest BCUT2D eigenvalue weighted by Crippen LogP contribution is 2.29. The van der Waals surface area contributed by atoms with Crippen LogP contribution in [0.25, 0.3) is 0 Å². The van der Waals surface area contributed by atoms with E-state index in [-0.39, 0.29) is 10.6 Å². The molecule has 0 heterocycles. The van der Waals surface area contributed by atoms with E-state index in [0.29, 0.717) is 0 Å². The third kappa shape index (κ3) is 2.45. The fraction of sp³-hybridized carbons (Fsp3) is 0.333. The molecule has 1 aromatic rings. The lowest BCUT2D eigenvalue weighted by Crippen LogP contribution is -1.91. The van der Waals surface area contributed by atoms with E-state index in [2.05, 4.69) is 0 Å². The molecule has 1 rings (SSSR count).